The molecule has 2 aromatic rings. The first kappa shape index (κ1) is 18.2. The number of aryl methyl sites for hydroxylation is 1. The molecule has 7 heteroatoms. The van der Waals surface area contributed by atoms with E-state index in [2.05, 4.69) is 10.3 Å². The van der Waals surface area contributed by atoms with Crippen molar-refractivity contribution >= 4 is 29.2 Å². The van der Waals surface area contributed by atoms with Gasteiger partial charge in [0.2, 0.25) is 11.8 Å². The lowest BCUT2D eigenvalue weighted by molar-refractivity contribution is -0.117. The number of amides is 3. The highest BCUT2D eigenvalue weighted by Crippen LogP contribution is 2.43. The van der Waals surface area contributed by atoms with E-state index in [9.17, 15) is 14.4 Å². The van der Waals surface area contributed by atoms with Crippen LogP contribution < -0.4 is 10.2 Å². The fraction of sp³-hybridized carbons (Fsp3) is 0.333. The Labute approximate surface area is 163 Å². The van der Waals surface area contributed by atoms with E-state index in [-0.39, 0.29) is 30.7 Å². The zero-order valence-corrected chi connectivity index (χ0v) is 15.9. The minimum atomic E-state index is -0.745. The van der Waals surface area contributed by atoms with Crippen LogP contribution in [0.4, 0.5) is 11.5 Å². The summed E-state index contributed by atoms with van der Waals surface area (Å²) in [5.41, 5.74) is 1.41. The summed E-state index contributed by atoms with van der Waals surface area (Å²) in [7, 11) is 0. The van der Waals surface area contributed by atoms with Crippen LogP contribution in [0.25, 0.3) is 0 Å². The van der Waals surface area contributed by atoms with Gasteiger partial charge in [-0.05, 0) is 44.0 Å². The number of carbonyl (C=O) groups excluding carboxylic acids is 3. The molecule has 2 aliphatic heterocycles. The number of rotatable bonds is 4. The lowest BCUT2D eigenvalue weighted by atomic mass is 9.98. The molecule has 0 unspecified atom stereocenters. The van der Waals surface area contributed by atoms with E-state index in [0.29, 0.717) is 29.9 Å². The van der Waals surface area contributed by atoms with Gasteiger partial charge in [0, 0.05) is 25.6 Å². The fourth-order valence-electron chi connectivity index (χ4n) is 4.00. The van der Waals surface area contributed by atoms with E-state index in [1.165, 1.54) is 0 Å². The second-order valence-electron chi connectivity index (χ2n) is 7.44. The fourth-order valence-corrected chi connectivity index (χ4v) is 4.00. The molecule has 2 aliphatic rings. The molecule has 0 radical (unpaired) electrons. The Bertz CT molecular complexity index is 956. The van der Waals surface area contributed by atoms with Crippen LogP contribution in [-0.2, 0) is 9.59 Å². The average molecular weight is 378 g/mol. The topological polar surface area (TPSA) is 82.6 Å². The molecule has 144 valence electrons. The van der Waals surface area contributed by atoms with E-state index in [0.717, 1.165) is 5.56 Å². The molecule has 4 rings (SSSR count). The van der Waals surface area contributed by atoms with Crippen LogP contribution in [0.15, 0.2) is 42.6 Å². The molecule has 28 heavy (non-hydrogen) atoms. The van der Waals surface area contributed by atoms with Gasteiger partial charge in [-0.1, -0.05) is 18.2 Å². The maximum Gasteiger partial charge on any atom is 0.257 e. The minimum absolute atomic E-state index is 0.000701. The van der Waals surface area contributed by atoms with Gasteiger partial charge in [-0.25, -0.2) is 4.98 Å². The van der Waals surface area contributed by atoms with Crippen LogP contribution in [0.5, 0.6) is 0 Å². The lowest BCUT2D eigenvalue weighted by Gasteiger charge is -2.48. The third-order valence-electron chi connectivity index (χ3n) is 5.49. The first-order valence-corrected chi connectivity index (χ1v) is 9.37. The van der Waals surface area contributed by atoms with Crippen molar-refractivity contribution in [1.82, 2.24) is 9.88 Å². The molecule has 1 N–H and O–H groups in total. The summed E-state index contributed by atoms with van der Waals surface area (Å²) in [6.45, 7) is 4.05. The van der Waals surface area contributed by atoms with Crippen molar-refractivity contribution in [2.75, 3.05) is 16.8 Å². The monoisotopic (exact) mass is 378 g/mol. The van der Waals surface area contributed by atoms with Crippen LogP contribution in [0, 0.1) is 6.92 Å². The van der Waals surface area contributed by atoms with Gasteiger partial charge in [-0.3, -0.25) is 19.3 Å². The molecule has 1 aromatic carbocycles. The molecule has 0 bridgehead atoms. The van der Waals surface area contributed by atoms with Crippen molar-refractivity contribution in [3.05, 3.63) is 53.7 Å². The van der Waals surface area contributed by atoms with Crippen LogP contribution >= 0.6 is 0 Å². The minimum Gasteiger partial charge on any atom is -0.315 e. The zero-order valence-electron chi connectivity index (χ0n) is 15.9. The highest BCUT2D eigenvalue weighted by atomic mass is 16.2. The Morgan fingerprint density at radius 2 is 2.00 bits per heavy atom. The predicted molar refractivity (Wildman–Crippen MR) is 105 cm³/mol. The first-order valence-electron chi connectivity index (χ1n) is 9.37. The summed E-state index contributed by atoms with van der Waals surface area (Å²) in [6.07, 6.45) is 2.74. The van der Waals surface area contributed by atoms with Crippen LogP contribution in [0.2, 0.25) is 0 Å². The summed E-state index contributed by atoms with van der Waals surface area (Å²) in [4.78, 5) is 45.6. The maximum absolute atomic E-state index is 13.1. The summed E-state index contributed by atoms with van der Waals surface area (Å²) in [5.74, 6) is 0.114. The summed E-state index contributed by atoms with van der Waals surface area (Å²) >= 11 is 0. The van der Waals surface area contributed by atoms with Gasteiger partial charge in [0.25, 0.3) is 5.91 Å². The molecule has 1 atom stereocenters. The number of carbonyl (C=O) groups is 3. The molecule has 7 nitrogen and oxygen atoms in total. The normalized spacial score (nSPS) is 20.8. The van der Waals surface area contributed by atoms with Crippen molar-refractivity contribution in [1.29, 1.82) is 0 Å². The Kier molecular flexibility index (Phi) is 4.37. The van der Waals surface area contributed by atoms with Crippen molar-refractivity contribution in [2.24, 2.45) is 0 Å². The van der Waals surface area contributed by atoms with Gasteiger partial charge >= 0.3 is 0 Å². The van der Waals surface area contributed by atoms with Gasteiger partial charge in [0.15, 0.2) is 0 Å². The largest absolute Gasteiger partial charge is 0.315 e. The number of nitrogens with zero attached hydrogens (tertiary/aromatic N) is 3. The third-order valence-corrected chi connectivity index (χ3v) is 5.49. The van der Waals surface area contributed by atoms with Gasteiger partial charge < -0.3 is 10.2 Å². The predicted octanol–water partition coefficient (Wildman–Crippen LogP) is 2.72. The SMILES string of the molecule is Cc1ccc(NC(=O)CCN2C(=O)c3ccccc3N3C(=O)CC[C@@]23C)nc1. The summed E-state index contributed by atoms with van der Waals surface area (Å²) in [5, 5.41) is 2.76. The van der Waals surface area contributed by atoms with Crippen LogP contribution in [0.1, 0.15) is 42.1 Å². The van der Waals surface area contributed by atoms with Gasteiger partial charge in [0.05, 0.1) is 11.3 Å². The number of nitrogens with one attached hydrogen (secondary N) is 1. The quantitative estimate of drug-likeness (QED) is 0.887. The van der Waals surface area contributed by atoms with Crippen LogP contribution in [-0.4, -0.2) is 39.8 Å². The Hall–Kier alpha value is -3.22. The molecular formula is C21H22N4O3. The number of hydrogen-bond acceptors (Lipinski definition) is 4. The Morgan fingerprint density at radius 3 is 2.75 bits per heavy atom. The number of anilines is 2. The highest BCUT2D eigenvalue weighted by Gasteiger charge is 2.52. The highest BCUT2D eigenvalue weighted by molar-refractivity contribution is 6.10. The number of aromatic nitrogens is 1. The third kappa shape index (κ3) is 2.93. The van der Waals surface area contributed by atoms with E-state index in [1.54, 1.807) is 34.2 Å². The smallest absolute Gasteiger partial charge is 0.257 e. The number of fused-ring (bicyclic) bond motifs is 3. The zero-order chi connectivity index (χ0) is 19.9. The van der Waals surface area contributed by atoms with E-state index in [1.807, 2.05) is 32.0 Å². The number of para-hydroxylation sites is 1. The molecule has 0 spiro atoms. The number of pyridine rings is 1. The molecule has 0 aliphatic carbocycles. The van der Waals surface area contributed by atoms with Crippen molar-refractivity contribution < 1.29 is 14.4 Å². The molecule has 3 amide bonds. The average Bonchev–Trinajstić information content (AvgIpc) is 2.99. The second kappa shape index (κ2) is 6.74. The maximum atomic E-state index is 13.1. The number of benzene rings is 1. The summed E-state index contributed by atoms with van der Waals surface area (Å²) in [6, 6.07) is 10.8. The Morgan fingerprint density at radius 1 is 1.21 bits per heavy atom. The van der Waals surface area contributed by atoms with Crippen molar-refractivity contribution in [2.45, 2.75) is 38.8 Å². The van der Waals surface area contributed by atoms with Gasteiger partial charge in [-0.2, -0.15) is 0 Å². The Balaban J connectivity index is 1.54. The van der Waals surface area contributed by atoms with Gasteiger partial charge in [0.1, 0.15) is 11.5 Å². The van der Waals surface area contributed by atoms with Crippen LogP contribution in [0.3, 0.4) is 0 Å². The molecular weight excluding hydrogens is 356 g/mol. The van der Waals surface area contributed by atoms with Gasteiger partial charge in [-0.15, -0.1) is 0 Å². The molecule has 1 fully saturated rings. The van der Waals surface area contributed by atoms with Crippen molar-refractivity contribution in [3.63, 3.8) is 0 Å². The molecule has 1 saturated heterocycles. The van der Waals surface area contributed by atoms with E-state index >= 15 is 0 Å². The van der Waals surface area contributed by atoms with E-state index in [4.69, 9.17) is 0 Å². The molecule has 0 saturated carbocycles. The molecule has 3 heterocycles. The molecule has 1 aromatic heterocycles. The number of hydrogen-bond donors (Lipinski definition) is 1. The van der Waals surface area contributed by atoms with E-state index < -0.39 is 5.66 Å². The van der Waals surface area contributed by atoms with Crippen molar-refractivity contribution in [3.8, 4) is 0 Å². The second-order valence-corrected chi connectivity index (χ2v) is 7.44. The summed E-state index contributed by atoms with van der Waals surface area (Å²) < 4.78 is 0. The standard InChI is InChI=1S/C21H22N4O3/c1-14-7-8-17(22-13-14)23-18(26)10-12-24-20(28)15-5-3-4-6-16(15)25-19(27)9-11-21(24,25)2/h3-8,13H,9-12H2,1-2H3,(H,22,23,26)/t21-/m0/s1. The first-order chi connectivity index (χ1) is 13.4. The lowest BCUT2D eigenvalue weighted by Crippen LogP contribution is -2.62.